The molecule has 0 spiro atoms. The minimum absolute atomic E-state index is 1.05. The van der Waals surface area contributed by atoms with Gasteiger partial charge in [-0.15, -0.1) is 0 Å². The van der Waals surface area contributed by atoms with Crippen molar-refractivity contribution in [2.75, 3.05) is 6.54 Å². The fourth-order valence-corrected chi connectivity index (χ4v) is 3.31. The van der Waals surface area contributed by atoms with Gasteiger partial charge in [-0.25, -0.2) is 0 Å². The summed E-state index contributed by atoms with van der Waals surface area (Å²) in [6, 6.07) is 15.4. The molecule has 1 nitrogen and oxygen atoms in total. The Morgan fingerprint density at radius 3 is 2.68 bits per heavy atom. The van der Waals surface area contributed by atoms with Gasteiger partial charge in [-0.3, -0.25) is 4.90 Å². The Labute approximate surface area is 123 Å². The summed E-state index contributed by atoms with van der Waals surface area (Å²) in [5.74, 6) is 0. The van der Waals surface area contributed by atoms with Gasteiger partial charge in [0.15, 0.2) is 0 Å². The molecule has 0 unspecified atom stereocenters. The highest BCUT2D eigenvalue weighted by molar-refractivity contribution is 9.10. The number of aryl methyl sites for hydroxylation is 1. The molecule has 0 atom stereocenters. The van der Waals surface area contributed by atoms with Crippen molar-refractivity contribution in [2.24, 2.45) is 0 Å². The third-order valence-corrected chi connectivity index (χ3v) is 4.56. The zero-order valence-corrected chi connectivity index (χ0v) is 12.8. The van der Waals surface area contributed by atoms with Crippen LogP contribution in [0.5, 0.6) is 0 Å². The number of hydrogen-bond acceptors (Lipinski definition) is 1. The first-order valence-corrected chi connectivity index (χ1v) is 7.56. The molecule has 0 aromatic heterocycles. The van der Waals surface area contributed by atoms with Gasteiger partial charge < -0.3 is 0 Å². The highest BCUT2D eigenvalue weighted by Crippen LogP contribution is 2.27. The van der Waals surface area contributed by atoms with Gasteiger partial charge in [0.2, 0.25) is 0 Å². The maximum Gasteiger partial charge on any atom is 0.0240 e. The number of rotatable bonds is 2. The van der Waals surface area contributed by atoms with Gasteiger partial charge in [0.05, 0.1) is 0 Å². The predicted octanol–water partition coefficient (Wildman–Crippen LogP) is 4.32. The summed E-state index contributed by atoms with van der Waals surface area (Å²) in [7, 11) is 0. The molecule has 19 heavy (non-hydrogen) atoms. The molecule has 2 aromatic carbocycles. The van der Waals surface area contributed by atoms with Crippen molar-refractivity contribution in [1.29, 1.82) is 0 Å². The van der Waals surface area contributed by atoms with Crippen LogP contribution in [0.4, 0.5) is 0 Å². The second kappa shape index (κ2) is 5.48. The Balaban J connectivity index is 1.74. The molecule has 2 aromatic rings. The molecule has 0 N–H and O–H groups in total. The number of nitrogens with zero attached hydrogens (tertiary/aromatic N) is 1. The first kappa shape index (κ1) is 12.9. The highest BCUT2D eigenvalue weighted by Gasteiger charge is 2.17. The van der Waals surface area contributed by atoms with Crippen LogP contribution in [0.15, 0.2) is 46.9 Å². The van der Waals surface area contributed by atoms with Crippen molar-refractivity contribution >= 4 is 15.9 Å². The van der Waals surface area contributed by atoms with Gasteiger partial charge in [-0.2, -0.15) is 0 Å². The molecule has 0 saturated heterocycles. The van der Waals surface area contributed by atoms with E-state index in [1.165, 1.54) is 26.7 Å². The molecule has 0 fully saturated rings. The van der Waals surface area contributed by atoms with E-state index in [9.17, 15) is 0 Å². The van der Waals surface area contributed by atoms with Crippen molar-refractivity contribution in [3.63, 3.8) is 0 Å². The number of benzene rings is 2. The minimum atomic E-state index is 1.05. The van der Waals surface area contributed by atoms with E-state index in [2.05, 4.69) is 70.2 Å². The Bertz CT molecular complexity index is 574. The van der Waals surface area contributed by atoms with E-state index in [4.69, 9.17) is 0 Å². The molecule has 0 aliphatic carbocycles. The molecule has 2 heteroatoms. The second-order valence-corrected chi connectivity index (χ2v) is 6.18. The second-order valence-electron chi connectivity index (χ2n) is 5.32. The largest absolute Gasteiger partial charge is 0.294 e. The quantitative estimate of drug-likeness (QED) is 0.798. The highest BCUT2D eigenvalue weighted by atomic mass is 79.9. The third kappa shape index (κ3) is 2.90. The molecule has 0 radical (unpaired) electrons. The monoisotopic (exact) mass is 315 g/mol. The lowest BCUT2D eigenvalue weighted by Gasteiger charge is -2.29. The van der Waals surface area contributed by atoms with E-state index in [-0.39, 0.29) is 0 Å². The van der Waals surface area contributed by atoms with Gasteiger partial charge in [-0.05, 0) is 36.1 Å². The van der Waals surface area contributed by atoms with Crippen LogP contribution >= 0.6 is 15.9 Å². The van der Waals surface area contributed by atoms with Crippen LogP contribution in [0.25, 0.3) is 0 Å². The van der Waals surface area contributed by atoms with E-state index in [1.807, 2.05) is 0 Å². The van der Waals surface area contributed by atoms with E-state index < -0.39 is 0 Å². The zero-order valence-electron chi connectivity index (χ0n) is 11.2. The first-order valence-electron chi connectivity index (χ1n) is 6.76. The number of fused-ring (bicyclic) bond motifs is 1. The molecular weight excluding hydrogens is 298 g/mol. The Kier molecular flexibility index (Phi) is 3.72. The van der Waals surface area contributed by atoms with Crippen molar-refractivity contribution in [2.45, 2.75) is 26.4 Å². The van der Waals surface area contributed by atoms with Crippen molar-refractivity contribution < 1.29 is 0 Å². The molecule has 1 aliphatic heterocycles. The standard InChI is InChI=1S/C17H18BrN/c1-13-5-7-14(8-6-13)11-19-10-9-16-15(12-19)3-2-4-17(16)18/h2-8H,9-12H2,1H3. The normalized spacial score (nSPS) is 15.3. The summed E-state index contributed by atoms with van der Waals surface area (Å²) in [6.07, 6.45) is 1.14. The average molecular weight is 316 g/mol. The van der Waals surface area contributed by atoms with Crippen LogP contribution in [0.2, 0.25) is 0 Å². The van der Waals surface area contributed by atoms with Gasteiger partial charge in [0.1, 0.15) is 0 Å². The molecule has 0 amide bonds. The van der Waals surface area contributed by atoms with E-state index in [0.29, 0.717) is 0 Å². The Morgan fingerprint density at radius 2 is 1.89 bits per heavy atom. The fraction of sp³-hybridized carbons (Fsp3) is 0.294. The fourth-order valence-electron chi connectivity index (χ4n) is 2.71. The van der Waals surface area contributed by atoms with Crippen LogP contribution in [0.3, 0.4) is 0 Å². The first-order chi connectivity index (χ1) is 9.22. The lowest BCUT2D eigenvalue weighted by atomic mass is 9.99. The summed E-state index contributed by atoms with van der Waals surface area (Å²) in [6.45, 7) is 5.39. The molecule has 0 saturated carbocycles. The maximum absolute atomic E-state index is 3.66. The topological polar surface area (TPSA) is 3.24 Å². The van der Waals surface area contributed by atoms with Gasteiger partial charge in [0.25, 0.3) is 0 Å². The SMILES string of the molecule is Cc1ccc(CN2CCc3c(Br)cccc3C2)cc1. The predicted molar refractivity (Wildman–Crippen MR) is 83.1 cm³/mol. The van der Waals surface area contributed by atoms with Crippen molar-refractivity contribution in [1.82, 2.24) is 4.90 Å². The van der Waals surface area contributed by atoms with Gasteiger partial charge in [-0.1, -0.05) is 57.9 Å². The van der Waals surface area contributed by atoms with Crippen LogP contribution in [-0.4, -0.2) is 11.4 Å². The van der Waals surface area contributed by atoms with E-state index in [0.717, 1.165) is 26.1 Å². The summed E-state index contributed by atoms with van der Waals surface area (Å²) in [5, 5.41) is 0. The van der Waals surface area contributed by atoms with Crippen LogP contribution in [-0.2, 0) is 19.5 Å². The Hall–Kier alpha value is -1.12. The van der Waals surface area contributed by atoms with Crippen molar-refractivity contribution in [3.05, 3.63) is 69.2 Å². The molecule has 98 valence electrons. The zero-order chi connectivity index (χ0) is 13.2. The van der Waals surface area contributed by atoms with Gasteiger partial charge >= 0.3 is 0 Å². The third-order valence-electron chi connectivity index (χ3n) is 3.81. The number of halogens is 1. The van der Waals surface area contributed by atoms with E-state index >= 15 is 0 Å². The summed E-state index contributed by atoms with van der Waals surface area (Å²) >= 11 is 3.66. The average Bonchev–Trinajstić information content (AvgIpc) is 2.42. The lowest BCUT2D eigenvalue weighted by molar-refractivity contribution is 0.245. The smallest absolute Gasteiger partial charge is 0.0240 e. The van der Waals surface area contributed by atoms with Crippen molar-refractivity contribution in [3.8, 4) is 0 Å². The molecular formula is C17H18BrN. The van der Waals surface area contributed by atoms with Crippen LogP contribution in [0.1, 0.15) is 22.3 Å². The molecule has 0 bridgehead atoms. The maximum atomic E-state index is 3.66. The molecule has 1 aliphatic rings. The Morgan fingerprint density at radius 1 is 1.11 bits per heavy atom. The molecule has 1 heterocycles. The summed E-state index contributed by atoms with van der Waals surface area (Å²) < 4.78 is 1.26. The number of hydrogen-bond donors (Lipinski definition) is 0. The van der Waals surface area contributed by atoms with Crippen LogP contribution in [0, 0.1) is 6.92 Å². The summed E-state index contributed by atoms with van der Waals surface area (Å²) in [4.78, 5) is 2.53. The van der Waals surface area contributed by atoms with Gasteiger partial charge in [0, 0.05) is 24.1 Å². The minimum Gasteiger partial charge on any atom is -0.294 e. The molecule has 3 rings (SSSR count). The summed E-state index contributed by atoms with van der Waals surface area (Å²) in [5.41, 5.74) is 5.69. The van der Waals surface area contributed by atoms with Crippen LogP contribution < -0.4 is 0 Å². The lowest BCUT2D eigenvalue weighted by Crippen LogP contribution is -2.30. The van der Waals surface area contributed by atoms with E-state index in [1.54, 1.807) is 0 Å².